The molecule has 2 aromatic carbocycles. The molecule has 4 nitrogen and oxygen atoms in total. The summed E-state index contributed by atoms with van der Waals surface area (Å²) < 4.78 is 6.55. The van der Waals surface area contributed by atoms with E-state index in [1.165, 1.54) is 16.9 Å². The van der Waals surface area contributed by atoms with Crippen LogP contribution in [0.3, 0.4) is 0 Å². The maximum Gasteiger partial charge on any atom is 0.260 e. The van der Waals surface area contributed by atoms with Crippen molar-refractivity contribution in [3.05, 3.63) is 82.8 Å². The quantitative estimate of drug-likeness (QED) is 0.376. The zero-order chi connectivity index (χ0) is 19.7. The molecule has 2 aromatic heterocycles. The molecule has 0 aliphatic rings. The Labute approximate surface area is 172 Å². The van der Waals surface area contributed by atoms with E-state index in [0.717, 1.165) is 10.2 Å². The van der Waals surface area contributed by atoms with Crippen LogP contribution in [-0.4, -0.2) is 10.9 Å². The highest BCUT2D eigenvalue weighted by Gasteiger charge is 2.23. The van der Waals surface area contributed by atoms with Crippen LogP contribution in [0.4, 0.5) is 5.13 Å². The summed E-state index contributed by atoms with van der Waals surface area (Å²) in [6.45, 7) is 4.59. The second-order valence-corrected chi connectivity index (χ2v) is 8.27. The number of amides is 1. The summed E-state index contributed by atoms with van der Waals surface area (Å²) in [5.74, 6) is 0.878. The average molecular weight is 411 g/mol. The number of benzene rings is 2. The summed E-state index contributed by atoms with van der Waals surface area (Å²) in [5, 5.41) is 1.17. The molecule has 4 rings (SSSR count). The predicted molar refractivity (Wildman–Crippen MR) is 114 cm³/mol. The number of aromatic nitrogens is 1. The van der Waals surface area contributed by atoms with Crippen molar-refractivity contribution in [3.63, 3.8) is 0 Å². The second kappa shape index (κ2) is 7.78. The van der Waals surface area contributed by atoms with Crippen LogP contribution in [0, 0.1) is 0 Å². The molecule has 0 bridgehead atoms. The maximum atomic E-state index is 13.3. The van der Waals surface area contributed by atoms with Gasteiger partial charge in [0.2, 0.25) is 0 Å². The van der Waals surface area contributed by atoms with E-state index < -0.39 is 0 Å². The number of thiazole rings is 1. The Balaban J connectivity index is 1.80. The fraction of sp³-hybridized carbons (Fsp3) is 0.182. The van der Waals surface area contributed by atoms with E-state index in [-0.39, 0.29) is 5.91 Å². The molecule has 0 aliphatic carbocycles. The van der Waals surface area contributed by atoms with Crippen LogP contribution < -0.4 is 4.90 Å². The zero-order valence-electron chi connectivity index (χ0n) is 15.6. The van der Waals surface area contributed by atoms with E-state index in [4.69, 9.17) is 21.0 Å². The summed E-state index contributed by atoms with van der Waals surface area (Å²) in [6.07, 6.45) is 1.60. The molecule has 0 saturated carbocycles. The van der Waals surface area contributed by atoms with E-state index in [2.05, 4.69) is 19.9 Å². The van der Waals surface area contributed by atoms with Crippen LogP contribution >= 0.6 is 22.9 Å². The number of anilines is 1. The van der Waals surface area contributed by atoms with Gasteiger partial charge in [0.15, 0.2) is 5.13 Å². The molecule has 0 atom stereocenters. The summed E-state index contributed by atoms with van der Waals surface area (Å²) in [4.78, 5) is 19.8. The Morgan fingerprint density at radius 3 is 2.71 bits per heavy atom. The van der Waals surface area contributed by atoms with E-state index >= 15 is 0 Å². The van der Waals surface area contributed by atoms with Crippen LogP contribution in [0.5, 0.6) is 0 Å². The van der Waals surface area contributed by atoms with Gasteiger partial charge in [-0.15, -0.1) is 0 Å². The van der Waals surface area contributed by atoms with Crippen LogP contribution in [0.25, 0.3) is 10.2 Å². The molecule has 0 saturated heterocycles. The first-order valence-electron chi connectivity index (χ1n) is 9.02. The molecule has 4 aromatic rings. The van der Waals surface area contributed by atoms with Crippen molar-refractivity contribution in [1.82, 2.24) is 4.98 Å². The Morgan fingerprint density at radius 2 is 2.00 bits per heavy atom. The zero-order valence-corrected chi connectivity index (χ0v) is 17.1. The molecule has 0 radical (unpaired) electrons. The lowest BCUT2D eigenvalue weighted by Crippen LogP contribution is -2.30. The third kappa shape index (κ3) is 3.68. The van der Waals surface area contributed by atoms with Gasteiger partial charge in [-0.1, -0.05) is 55.0 Å². The van der Waals surface area contributed by atoms with Crippen LogP contribution in [0.1, 0.15) is 41.4 Å². The van der Waals surface area contributed by atoms with Crippen molar-refractivity contribution in [2.24, 2.45) is 0 Å². The molecule has 28 heavy (non-hydrogen) atoms. The van der Waals surface area contributed by atoms with Crippen molar-refractivity contribution < 1.29 is 9.21 Å². The smallest absolute Gasteiger partial charge is 0.260 e. The largest absolute Gasteiger partial charge is 0.467 e. The van der Waals surface area contributed by atoms with Gasteiger partial charge in [-0.05, 0) is 47.9 Å². The van der Waals surface area contributed by atoms with Gasteiger partial charge in [0.1, 0.15) is 5.76 Å². The Hall–Kier alpha value is -2.63. The third-order valence-electron chi connectivity index (χ3n) is 4.50. The number of carbonyl (C=O) groups excluding carboxylic acids is 1. The maximum absolute atomic E-state index is 13.3. The number of hydrogen-bond acceptors (Lipinski definition) is 4. The van der Waals surface area contributed by atoms with Gasteiger partial charge in [-0.2, -0.15) is 0 Å². The summed E-state index contributed by atoms with van der Waals surface area (Å²) >= 11 is 7.61. The highest BCUT2D eigenvalue weighted by atomic mass is 35.5. The van der Waals surface area contributed by atoms with Crippen LogP contribution in [0.2, 0.25) is 5.02 Å². The molecule has 0 unspecified atom stereocenters. The summed E-state index contributed by atoms with van der Waals surface area (Å²) in [7, 11) is 0. The highest BCUT2D eigenvalue weighted by molar-refractivity contribution is 7.22. The molecule has 2 heterocycles. The predicted octanol–water partition coefficient (Wildman–Crippen LogP) is 6.51. The highest BCUT2D eigenvalue weighted by Crippen LogP contribution is 2.34. The molecule has 0 fully saturated rings. The third-order valence-corrected chi connectivity index (χ3v) is 5.78. The number of fused-ring (bicyclic) bond motifs is 1. The number of nitrogens with zero attached hydrogens (tertiary/aromatic N) is 2. The summed E-state index contributed by atoms with van der Waals surface area (Å²) in [6, 6.07) is 16.8. The second-order valence-electron chi connectivity index (χ2n) is 6.83. The number of hydrogen-bond donors (Lipinski definition) is 0. The molecule has 142 valence electrons. The van der Waals surface area contributed by atoms with Gasteiger partial charge in [-0.25, -0.2) is 4.98 Å². The van der Waals surface area contributed by atoms with E-state index in [1.807, 2.05) is 24.3 Å². The minimum absolute atomic E-state index is 0.163. The molecule has 0 N–H and O–H groups in total. The monoisotopic (exact) mass is 410 g/mol. The molecule has 1 amide bonds. The molecule has 0 spiro atoms. The van der Waals surface area contributed by atoms with Gasteiger partial charge in [0, 0.05) is 10.6 Å². The van der Waals surface area contributed by atoms with Crippen molar-refractivity contribution in [3.8, 4) is 0 Å². The number of halogens is 1. The lowest BCUT2D eigenvalue weighted by atomic mass is 10.0. The lowest BCUT2D eigenvalue weighted by Gasteiger charge is -2.19. The van der Waals surface area contributed by atoms with Crippen molar-refractivity contribution in [2.45, 2.75) is 26.3 Å². The van der Waals surface area contributed by atoms with Crippen molar-refractivity contribution >= 4 is 44.2 Å². The number of furan rings is 1. The molecular weight excluding hydrogens is 392 g/mol. The van der Waals surface area contributed by atoms with Gasteiger partial charge < -0.3 is 4.42 Å². The fourth-order valence-electron chi connectivity index (χ4n) is 3.10. The number of para-hydroxylation sites is 1. The standard InChI is InChI=1S/C22H19ClN2O2S/c1-14(2)18-9-4-10-19-20(18)24-22(28-19)25(13-17-8-5-11-27-17)21(26)15-6-3-7-16(23)12-15/h3-12,14H,13H2,1-2H3. The van der Waals surface area contributed by atoms with Crippen molar-refractivity contribution in [1.29, 1.82) is 0 Å². The Bertz CT molecular complexity index is 1120. The van der Waals surface area contributed by atoms with Crippen molar-refractivity contribution in [2.75, 3.05) is 4.90 Å². The first kappa shape index (κ1) is 18.7. The number of carbonyl (C=O) groups is 1. The topological polar surface area (TPSA) is 46.3 Å². The van der Waals surface area contributed by atoms with E-state index in [0.29, 0.717) is 33.9 Å². The van der Waals surface area contributed by atoms with Gasteiger partial charge in [0.05, 0.1) is 23.0 Å². The first-order chi connectivity index (χ1) is 13.5. The van der Waals surface area contributed by atoms with Gasteiger partial charge in [-0.3, -0.25) is 9.69 Å². The number of rotatable bonds is 5. The average Bonchev–Trinajstić information content (AvgIpc) is 3.34. The van der Waals surface area contributed by atoms with Gasteiger partial charge in [0.25, 0.3) is 5.91 Å². The lowest BCUT2D eigenvalue weighted by molar-refractivity contribution is 0.0983. The van der Waals surface area contributed by atoms with E-state index in [9.17, 15) is 4.79 Å². The SMILES string of the molecule is CC(C)c1cccc2sc(N(Cc3ccco3)C(=O)c3cccc(Cl)c3)nc12. The molecular formula is C22H19ClN2O2S. The minimum Gasteiger partial charge on any atom is -0.467 e. The van der Waals surface area contributed by atoms with Crippen LogP contribution in [-0.2, 0) is 6.54 Å². The fourth-order valence-corrected chi connectivity index (χ4v) is 4.29. The first-order valence-corrected chi connectivity index (χ1v) is 10.2. The Morgan fingerprint density at radius 1 is 1.18 bits per heavy atom. The minimum atomic E-state index is -0.163. The Kier molecular flexibility index (Phi) is 5.20. The van der Waals surface area contributed by atoms with E-state index in [1.54, 1.807) is 35.4 Å². The van der Waals surface area contributed by atoms with Crippen LogP contribution in [0.15, 0.2) is 65.3 Å². The molecule has 6 heteroatoms. The summed E-state index contributed by atoms with van der Waals surface area (Å²) in [5.41, 5.74) is 2.64. The van der Waals surface area contributed by atoms with Gasteiger partial charge >= 0.3 is 0 Å². The molecule has 0 aliphatic heterocycles. The normalized spacial score (nSPS) is 11.3.